The van der Waals surface area contributed by atoms with Gasteiger partial charge in [0.15, 0.2) is 0 Å². The van der Waals surface area contributed by atoms with E-state index in [0.717, 1.165) is 34.7 Å². The Kier molecular flexibility index (Phi) is 2.86. The van der Waals surface area contributed by atoms with Crippen LogP contribution in [0, 0.1) is 0 Å². The van der Waals surface area contributed by atoms with Crippen LogP contribution < -0.4 is 16.4 Å². The molecule has 0 radical (unpaired) electrons. The van der Waals surface area contributed by atoms with E-state index < -0.39 is 0 Å². The first kappa shape index (κ1) is 10.8. The number of hydrogen-bond acceptors (Lipinski definition) is 5. The van der Waals surface area contributed by atoms with E-state index in [1.807, 2.05) is 6.07 Å². The van der Waals surface area contributed by atoms with Crippen LogP contribution in [0.5, 0.6) is 0 Å². The molecule has 0 aliphatic carbocycles. The minimum Gasteiger partial charge on any atom is -0.396 e. The van der Waals surface area contributed by atoms with Gasteiger partial charge in [-0.1, -0.05) is 0 Å². The Morgan fingerprint density at radius 2 is 2.47 bits per heavy atom. The predicted octanol–water partition coefficient (Wildman–Crippen LogP) is 2.04. The number of thiophene rings is 1. The van der Waals surface area contributed by atoms with Gasteiger partial charge in [0.25, 0.3) is 0 Å². The SMILES string of the molecule is Nc1cnc2ccsc2c1N[C@H]1CCCNC1. The summed E-state index contributed by atoms with van der Waals surface area (Å²) in [6.45, 7) is 2.13. The average Bonchev–Trinajstić information content (AvgIpc) is 2.83. The molecular formula is C12H16N4S. The van der Waals surface area contributed by atoms with Gasteiger partial charge in [-0.25, -0.2) is 0 Å². The van der Waals surface area contributed by atoms with E-state index in [0.29, 0.717) is 6.04 Å². The van der Waals surface area contributed by atoms with Gasteiger partial charge in [0.2, 0.25) is 0 Å². The van der Waals surface area contributed by atoms with Crippen LogP contribution in [-0.2, 0) is 0 Å². The molecule has 1 aliphatic rings. The van der Waals surface area contributed by atoms with Crippen molar-refractivity contribution in [3.8, 4) is 0 Å². The number of nitrogens with two attached hydrogens (primary N) is 1. The van der Waals surface area contributed by atoms with Crippen LogP contribution in [0.2, 0.25) is 0 Å². The minimum absolute atomic E-state index is 0.471. The van der Waals surface area contributed by atoms with Gasteiger partial charge < -0.3 is 16.4 Å². The quantitative estimate of drug-likeness (QED) is 0.761. The summed E-state index contributed by atoms with van der Waals surface area (Å²) in [5.41, 5.74) is 8.84. The highest BCUT2D eigenvalue weighted by Crippen LogP contribution is 2.32. The van der Waals surface area contributed by atoms with E-state index in [-0.39, 0.29) is 0 Å². The third kappa shape index (κ3) is 2.08. The zero-order valence-corrected chi connectivity index (χ0v) is 10.4. The molecule has 0 saturated carbocycles. The molecule has 0 spiro atoms. The van der Waals surface area contributed by atoms with Crippen molar-refractivity contribution in [3.05, 3.63) is 17.6 Å². The lowest BCUT2D eigenvalue weighted by Crippen LogP contribution is -2.38. The van der Waals surface area contributed by atoms with Crippen LogP contribution in [-0.4, -0.2) is 24.1 Å². The predicted molar refractivity (Wildman–Crippen MR) is 73.5 cm³/mol. The number of pyridine rings is 1. The minimum atomic E-state index is 0.471. The molecule has 90 valence electrons. The van der Waals surface area contributed by atoms with Crippen molar-refractivity contribution in [2.45, 2.75) is 18.9 Å². The number of nitrogen functional groups attached to an aromatic ring is 1. The maximum atomic E-state index is 6.02. The molecule has 1 aliphatic heterocycles. The highest BCUT2D eigenvalue weighted by molar-refractivity contribution is 7.17. The Morgan fingerprint density at radius 3 is 3.29 bits per heavy atom. The van der Waals surface area contributed by atoms with E-state index in [2.05, 4.69) is 21.0 Å². The fraction of sp³-hybridized carbons (Fsp3) is 0.417. The first-order valence-electron chi connectivity index (χ1n) is 5.93. The number of piperidine rings is 1. The number of anilines is 2. The fourth-order valence-electron chi connectivity index (χ4n) is 2.25. The third-order valence-electron chi connectivity index (χ3n) is 3.15. The molecule has 5 heteroatoms. The Hall–Kier alpha value is -1.33. The van der Waals surface area contributed by atoms with Gasteiger partial charge in [-0.05, 0) is 30.8 Å². The van der Waals surface area contributed by atoms with E-state index >= 15 is 0 Å². The highest BCUT2D eigenvalue weighted by Gasteiger charge is 2.16. The van der Waals surface area contributed by atoms with Crippen molar-refractivity contribution >= 4 is 32.9 Å². The van der Waals surface area contributed by atoms with Crippen LogP contribution in [0.4, 0.5) is 11.4 Å². The van der Waals surface area contributed by atoms with Gasteiger partial charge in [0.1, 0.15) is 0 Å². The number of nitrogens with zero attached hydrogens (tertiary/aromatic N) is 1. The van der Waals surface area contributed by atoms with Crippen molar-refractivity contribution < 1.29 is 0 Å². The van der Waals surface area contributed by atoms with E-state index in [1.54, 1.807) is 17.5 Å². The van der Waals surface area contributed by atoms with Gasteiger partial charge >= 0.3 is 0 Å². The number of fused-ring (bicyclic) bond motifs is 1. The summed E-state index contributed by atoms with van der Waals surface area (Å²) in [6, 6.07) is 2.50. The highest BCUT2D eigenvalue weighted by atomic mass is 32.1. The molecule has 3 heterocycles. The zero-order valence-electron chi connectivity index (χ0n) is 9.57. The maximum Gasteiger partial charge on any atom is 0.0832 e. The molecule has 4 N–H and O–H groups in total. The zero-order chi connectivity index (χ0) is 11.7. The molecule has 1 fully saturated rings. The van der Waals surface area contributed by atoms with Crippen molar-refractivity contribution in [2.75, 3.05) is 24.1 Å². The Bertz CT molecular complexity index is 516. The first-order valence-corrected chi connectivity index (χ1v) is 6.81. The molecule has 17 heavy (non-hydrogen) atoms. The van der Waals surface area contributed by atoms with Crippen LogP contribution in [0.1, 0.15) is 12.8 Å². The Balaban J connectivity index is 1.92. The number of aromatic nitrogens is 1. The summed E-state index contributed by atoms with van der Waals surface area (Å²) in [6.07, 6.45) is 4.16. The number of nitrogens with one attached hydrogen (secondary N) is 2. The van der Waals surface area contributed by atoms with Crippen molar-refractivity contribution in [1.82, 2.24) is 10.3 Å². The molecule has 2 aromatic heterocycles. The molecule has 3 rings (SSSR count). The third-order valence-corrected chi connectivity index (χ3v) is 4.07. The summed E-state index contributed by atoms with van der Waals surface area (Å²) in [4.78, 5) is 4.32. The van der Waals surface area contributed by atoms with Crippen molar-refractivity contribution in [1.29, 1.82) is 0 Å². The molecular weight excluding hydrogens is 232 g/mol. The lowest BCUT2D eigenvalue weighted by Gasteiger charge is -2.25. The van der Waals surface area contributed by atoms with Gasteiger partial charge in [0, 0.05) is 12.6 Å². The second kappa shape index (κ2) is 4.50. The topological polar surface area (TPSA) is 63.0 Å². The standard InChI is InChI=1S/C12H16N4S/c13-9-7-15-10-3-5-17-12(10)11(9)16-8-2-1-4-14-6-8/h3,5,7-8,14H,1-2,4,6,13H2,(H,15,16)/t8-/m0/s1. The second-order valence-corrected chi connectivity index (χ2v) is 5.33. The van der Waals surface area contributed by atoms with E-state index in [1.165, 1.54) is 12.8 Å². The number of rotatable bonds is 2. The average molecular weight is 248 g/mol. The monoisotopic (exact) mass is 248 g/mol. The van der Waals surface area contributed by atoms with Gasteiger partial charge in [0.05, 0.1) is 27.8 Å². The molecule has 1 atom stereocenters. The molecule has 0 bridgehead atoms. The largest absolute Gasteiger partial charge is 0.396 e. The molecule has 2 aromatic rings. The molecule has 1 saturated heterocycles. The van der Waals surface area contributed by atoms with Crippen LogP contribution in [0.25, 0.3) is 10.2 Å². The molecule has 4 nitrogen and oxygen atoms in total. The smallest absolute Gasteiger partial charge is 0.0832 e. The van der Waals surface area contributed by atoms with Gasteiger partial charge in [-0.3, -0.25) is 4.98 Å². The Morgan fingerprint density at radius 1 is 1.53 bits per heavy atom. The second-order valence-electron chi connectivity index (χ2n) is 4.41. The summed E-state index contributed by atoms with van der Waals surface area (Å²) in [5.74, 6) is 0. The van der Waals surface area contributed by atoms with Crippen LogP contribution in [0.15, 0.2) is 17.6 Å². The molecule has 0 aromatic carbocycles. The van der Waals surface area contributed by atoms with Crippen molar-refractivity contribution in [2.24, 2.45) is 0 Å². The lowest BCUT2D eigenvalue weighted by molar-refractivity contribution is 0.480. The Labute approximate surface area is 104 Å². The van der Waals surface area contributed by atoms with Crippen LogP contribution >= 0.6 is 11.3 Å². The van der Waals surface area contributed by atoms with Gasteiger partial charge in [-0.15, -0.1) is 11.3 Å². The van der Waals surface area contributed by atoms with E-state index in [9.17, 15) is 0 Å². The molecule has 0 unspecified atom stereocenters. The van der Waals surface area contributed by atoms with E-state index in [4.69, 9.17) is 5.73 Å². The van der Waals surface area contributed by atoms with Gasteiger partial charge in [-0.2, -0.15) is 0 Å². The summed E-state index contributed by atoms with van der Waals surface area (Å²) in [5, 5.41) is 9.02. The van der Waals surface area contributed by atoms with Crippen molar-refractivity contribution in [3.63, 3.8) is 0 Å². The number of hydrogen-bond donors (Lipinski definition) is 3. The first-order chi connectivity index (χ1) is 8.34. The van der Waals surface area contributed by atoms with Crippen LogP contribution in [0.3, 0.4) is 0 Å². The fourth-order valence-corrected chi connectivity index (χ4v) is 3.12. The summed E-state index contributed by atoms with van der Waals surface area (Å²) >= 11 is 1.69. The summed E-state index contributed by atoms with van der Waals surface area (Å²) in [7, 11) is 0. The normalized spacial score (nSPS) is 20.6. The lowest BCUT2D eigenvalue weighted by atomic mass is 10.1. The maximum absolute atomic E-state index is 6.02. The molecule has 0 amide bonds. The summed E-state index contributed by atoms with van der Waals surface area (Å²) < 4.78 is 1.16.